The summed E-state index contributed by atoms with van der Waals surface area (Å²) in [6.45, 7) is 0.322. The third kappa shape index (κ3) is 1.92. The van der Waals surface area contributed by atoms with Gasteiger partial charge in [-0.25, -0.2) is 0 Å². The van der Waals surface area contributed by atoms with Crippen LogP contribution < -0.4 is 14.2 Å². The molecule has 2 aromatic carbocycles. The molecule has 2 aromatic rings. The molecule has 1 heterocycles. The smallest absolute Gasteiger partial charge is 0.231 e. The summed E-state index contributed by atoms with van der Waals surface area (Å²) in [5, 5.41) is 10.5. The lowest BCUT2D eigenvalue weighted by Gasteiger charge is -2.38. The van der Waals surface area contributed by atoms with Gasteiger partial charge in [0.25, 0.3) is 0 Å². The minimum absolute atomic E-state index is 0.322. The van der Waals surface area contributed by atoms with Crippen molar-refractivity contribution < 1.29 is 19.3 Å². The van der Waals surface area contributed by atoms with Gasteiger partial charge in [-0.3, -0.25) is 0 Å². The normalized spacial score (nSPS) is 23.2. The summed E-state index contributed by atoms with van der Waals surface area (Å²) >= 11 is 0. The molecule has 0 fully saturated rings. The maximum atomic E-state index is 10.5. The van der Waals surface area contributed by atoms with Gasteiger partial charge in [-0.05, 0) is 72.4 Å². The van der Waals surface area contributed by atoms with Gasteiger partial charge in [-0.2, -0.15) is 0 Å². The van der Waals surface area contributed by atoms with Gasteiger partial charge >= 0.3 is 0 Å². The Morgan fingerprint density at radius 1 is 1.08 bits per heavy atom. The Labute approximate surface area is 141 Å². The topological polar surface area (TPSA) is 47.9 Å². The zero-order valence-corrected chi connectivity index (χ0v) is 13.7. The lowest BCUT2D eigenvalue weighted by molar-refractivity contribution is 0.174. The Bertz CT molecular complexity index is 827. The van der Waals surface area contributed by atoms with Crippen molar-refractivity contribution in [3.63, 3.8) is 0 Å². The quantitative estimate of drug-likeness (QED) is 0.871. The van der Waals surface area contributed by atoms with E-state index in [1.807, 2.05) is 6.07 Å². The summed E-state index contributed by atoms with van der Waals surface area (Å²) in [7, 11) is 1.60. The third-order valence-corrected chi connectivity index (χ3v) is 5.86. The maximum absolute atomic E-state index is 10.5. The molecule has 3 aliphatic rings. The van der Waals surface area contributed by atoms with E-state index in [4.69, 9.17) is 14.2 Å². The van der Waals surface area contributed by atoms with Crippen LogP contribution in [0.1, 0.15) is 34.6 Å². The van der Waals surface area contributed by atoms with Crippen LogP contribution in [0.25, 0.3) is 0 Å². The third-order valence-electron chi connectivity index (χ3n) is 5.86. The summed E-state index contributed by atoms with van der Waals surface area (Å²) in [6, 6.07) is 8.32. The molecule has 2 unspecified atom stereocenters. The largest absolute Gasteiger partial charge is 0.504 e. The molecule has 4 heteroatoms. The number of ether oxygens (including phenoxy) is 3. The van der Waals surface area contributed by atoms with Gasteiger partial charge in [-0.15, -0.1) is 0 Å². The van der Waals surface area contributed by atoms with E-state index in [1.165, 1.54) is 16.7 Å². The van der Waals surface area contributed by atoms with Gasteiger partial charge in [0.05, 0.1) is 7.11 Å². The van der Waals surface area contributed by atoms with Crippen molar-refractivity contribution in [3.8, 4) is 23.0 Å². The van der Waals surface area contributed by atoms with E-state index >= 15 is 0 Å². The highest BCUT2D eigenvalue weighted by Gasteiger charge is 2.36. The number of methoxy groups -OCH3 is 1. The molecular formula is C20H20O4. The molecule has 1 aliphatic heterocycles. The molecule has 2 atom stereocenters. The van der Waals surface area contributed by atoms with E-state index < -0.39 is 0 Å². The minimum atomic E-state index is 0.322. The predicted molar refractivity (Wildman–Crippen MR) is 89.2 cm³/mol. The summed E-state index contributed by atoms with van der Waals surface area (Å²) in [5.41, 5.74) is 5.10. The van der Waals surface area contributed by atoms with Crippen LogP contribution in [0.2, 0.25) is 0 Å². The van der Waals surface area contributed by atoms with Crippen LogP contribution in [0.5, 0.6) is 23.0 Å². The van der Waals surface area contributed by atoms with Gasteiger partial charge in [-0.1, -0.05) is 6.07 Å². The van der Waals surface area contributed by atoms with E-state index in [1.54, 1.807) is 7.11 Å². The summed E-state index contributed by atoms with van der Waals surface area (Å²) < 4.78 is 16.4. The molecule has 0 saturated heterocycles. The van der Waals surface area contributed by atoms with Crippen molar-refractivity contribution in [1.82, 2.24) is 0 Å². The zero-order valence-electron chi connectivity index (χ0n) is 13.7. The second-order valence-corrected chi connectivity index (χ2v) is 6.97. The van der Waals surface area contributed by atoms with Gasteiger partial charge < -0.3 is 19.3 Å². The van der Waals surface area contributed by atoms with E-state index in [9.17, 15) is 5.11 Å². The van der Waals surface area contributed by atoms with Crippen molar-refractivity contribution in [2.45, 2.75) is 31.6 Å². The van der Waals surface area contributed by atoms with Crippen molar-refractivity contribution >= 4 is 0 Å². The fourth-order valence-corrected chi connectivity index (χ4v) is 4.62. The van der Waals surface area contributed by atoms with Crippen molar-refractivity contribution in [3.05, 3.63) is 46.5 Å². The molecule has 5 rings (SSSR count). The van der Waals surface area contributed by atoms with Crippen LogP contribution in [0.3, 0.4) is 0 Å². The standard InChI is InChI=1S/C20H20O4/c1-22-17-5-4-12-6-14-11(7-16(12)20(17)21)2-3-13-8-18-19(9-15(13)14)24-10-23-18/h4-5,8-9,11,14,21H,2-3,6-7,10H2,1H3. The number of phenolic OH excluding ortho intramolecular Hbond substituents is 1. The highest BCUT2D eigenvalue weighted by molar-refractivity contribution is 5.55. The van der Waals surface area contributed by atoms with E-state index in [2.05, 4.69) is 18.2 Å². The Hall–Kier alpha value is -2.36. The number of hydrogen-bond donors (Lipinski definition) is 1. The number of aromatic hydroxyl groups is 1. The number of fused-ring (bicyclic) bond motifs is 5. The first kappa shape index (κ1) is 14.0. The number of benzene rings is 2. The first-order chi connectivity index (χ1) is 11.7. The van der Waals surface area contributed by atoms with Gasteiger partial charge in [0.1, 0.15) is 0 Å². The molecule has 1 N–H and O–H groups in total. The Kier molecular flexibility index (Phi) is 2.96. The summed E-state index contributed by atoms with van der Waals surface area (Å²) in [6.07, 6.45) is 4.09. The lowest BCUT2D eigenvalue weighted by Crippen LogP contribution is -2.28. The molecular weight excluding hydrogens is 304 g/mol. The van der Waals surface area contributed by atoms with Gasteiger partial charge in [0.15, 0.2) is 23.0 Å². The van der Waals surface area contributed by atoms with Crippen LogP contribution in [0.4, 0.5) is 0 Å². The Morgan fingerprint density at radius 3 is 2.75 bits per heavy atom. The lowest BCUT2D eigenvalue weighted by atomic mass is 9.66. The molecule has 0 aromatic heterocycles. The zero-order chi connectivity index (χ0) is 16.3. The molecule has 0 saturated carbocycles. The SMILES string of the molecule is COc1ccc2c(c1O)CC1CCc3cc4c(cc3C1C2)OCO4. The van der Waals surface area contributed by atoms with E-state index in [-0.39, 0.29) is 0 Å². The Morgan fingerprint density at radius 2 is 1.92 bits per heavy atom. The van der Waals surface area contributed by atoms with Crippen LogP contribution >= 0.6 is 0 Å². The monoisotopic (exact) mass is 324 g/mol. The molecule has 2 aliphatic carbocycles. The number of rotatable bonds is 1. The predicted octanol–water partition coefficient (Wildman–Crippen LogP) is 3.57. The maximum Gasteiger partial charge on any atom is 0.231 e. The van der Waals surface area contributed by atoms with E-state index in [0.29, 0.717) is 30.1 Å². The highest BCUT2D eigenvalue weighted by Crippen LogP contribution is 2.50. The summed E-state index contributed by atoms with van der Waals surface area (Å²) in [4.78, 5) is 0. The number of aryl methyl sites for hydroxylation is 1. The fraction of sp³-hybridized carbons (Fsp3) is 0.400. The van der Waals surface area contributed by atoms with Crippen molar-refractivity contribution in [1.29, 1.82) is 0 Å². The molecule has 24 heavy (non-hydrogen) atoms. The van der Waals surface area contributed by atoms with Crippen LogP contribution in [0.15, 0.2) is 24.3 Å². The highest BCUT2D eigenvalue weighted by atomic mass is 16.7. The average molecular weight is 324 g/mol. The van der Waals surface area contributed by atoms with Crippen molar-refractivity contribution in [2.75, 3.05) is 13.9 Å². The van der Waals surface area contributed by atoms with Gasteiger partial charge in [0.2, 0.25) is 6.79 Å². The molecule has 124 valence electrons. The number of phenols is 1. The molecule has 4 nitrogen and oxygen atoms in total. The van der Waals surface area contributed by atoms with Crippen LogP contribution in [-0.2, 0) is 19.3 Å². The molecule has 0 radical (unpaired) electrons. The first-order valence-corrected chi connectivity index (χ1v) is 8.54. The summed E-state index contributed by atoms with van der Waals surface area (Å²) in [5.74, 6) is 3.70. The fourth-order valence-electron chi connectivity index (χ4n) is 4.62. The second-order valence-electron chi connectivity index (χ2n) is 6.97. The molecule has 0 bridgehead atoms. The molecule has 0 spiro atoms. The van der Waals surface area contributed by atoms with E-state index in [0.717, 1.165) is 42.7 Å². The minimum Gasteiger partial charge on any atom is -0.504 e. The van der Waals surface area contributed by atoms with Gasteiger partial charge in [0, 0.05) is 5.56 Å². The first-order valence-electron chi connectivity index (χ1n) is 8.54. The van der Waals surface area contributed by atoms with Crippen molar-refractivity contribution in [2.24, 2.45) is 5.92 Å². The van der Waals surface area contributed by atoms with Crippen LogP contribution in [0, 0.1) is 5.92 Å². The van der Waals surface area contributed by atoms with Crippen LogP contribution in [-0.4, -0.2) is 19.0 Å². The second kappa shape index (κ2) is 5.07. The average Bonchev–Trinajstić information content (AvgIpc) is 3.06. The molecule has 0 amide bonds. The number of hydrogen-bond acceptors (Lipinski definition) is 4. The Balaban J connectivity index is 1.57.